The number of nitrogens with zero attached hydrogens (tertiary/aromatic N) is 2. The first-order chi connectivity index (χ1) is 21.4. The molecule has 0 bridgehead atoms. The van der Waals surface area contributed by atoms with Crippen molar-refractivity contribution >= 4 is 43.9 Å². The van der Waals surface area contributed by atoms with Crippen molar-refractivity contribution in [1.82, 2.24) is 9.88 Å². The molecular formula is C34H41N5O5S. The van der Waals surface area contributed by atoms with Gasteiger partial charge < -0.3 is 20.1 Å². The second kappa shape index (κ2) is 13.3. The van der Waals surface area contributed by atoms with Gasteiger partial charge in [0.1, 0.15) is 11.5 Å². The summed E-state index contributed by atoms with van der Waals surface area (Å²) in [5.41, 5.74) is 2.60. The number of piperidine rings is 1. The minimum atomic E-state index is -3.60. The van der Waals surface area contributed by atoms with Crippen molar-refractivity contribution in [3.8, 4) is 17.2 Å². The molecule has 11 heteroatoms. The Hall–Kier alpha value is -4.35. The zero-order valence-corrected chi connectivity index (χ0v) is 27.3. The fourth-order valence-corrected chi connectivity index (χ4v) is 6.03. The molecule has 2 heterocycles. The van der Waals surface area contributed by atoms with Gasteiger partial charge in [0.15, 0.2) is 5.75 Å². The van der Waals surface area contributed by atoms with Crippen molar-refractivity contribution in [3.63, 3.8) is 0 Å². The Morgan fingerprint density at radius 3 is 2.29 bits per heavy atom. The van der Waals surface area contributed by atoms with E-state index in [0.717, 1.165) is 47.9 Å². The summed E-state index contributed by atoms with van der Waals surface area (Å²) < 4.78 is 38.6. The van der Waals surface area contributed by atoms with E-state index < -0.39 is 16.1 Å². The Morgan fingerprint density at radius 1 is 0.911 bits per heavy atom. The molecule has 1 aliphatic heterocycles. The molecule has 0 saturated carbocycles. The first kappa shape index (κ1) is 32.1. The lowest BCUT2D eigenvalue weighted by Gasteiger charge is -2.26. The van der Waals surface area contributed by atoms with Crippen LogP contribution in [0.1, 0.15) is 51.3 Å². The van der Waals surface area contributed by atoms with E-state index in [1.807, 2.05) is 63.2 Å². The van der Waals surface area contributed by atoms with Gasteiger partial charge in [0.2, 0.25) is 10.0 Å². The molecule has 1 fully saturated rings. The third-order valence-electron chi connectivity index (χ3n) is 7.69. The molecule has 0 unspecified atom stereocenters. The molecule has 2 amide bonds. The fraction of sp³-hybridized carbons (Fsp3) is 0.353. The second-order valence-corrected chi connectivity index (χ2v) is 14.1. The van der Waals surface area contributed by atoms with Crippen molar-refractivity contribution in [2.24, 2.45) is 0 Å². The fourth-order valence-electron chi connectivity index (χ4n) is 5.48. The number of fused-ring (bicyclic) bond motifs is 1. The van der Waals surface area contributed by atoms with Crippen molar-refractivity contribution in [3.05, 3.63) is 78.1 Å². The number of hydrogen-bond donors (Lipinski definition) is 3. The summed E-state index contributed by atoms with van der Waals surface area (Å²) in [6, 6.07) is 18.1. The lowest BCUT2D eigenvalue weighted by molar-refractivity contribution is 0.218. The normalized spacial score (nSPS) is 14.2. The number of nitrogens with one attached hydrogen (secondary N) is 3. The number of sulfonamides is 1. The largest absolute Gasteiger partial charge is 0.492 e. The van der Waals surface area contributed by atoms with Gasteiger partial charge in [-0.1, -0.05) is 51.5 Å². The number of anilines is 3. The van der Waals surface area contributed by atoms with Gasteiger partial charge >= 0.3 is 6.03 Å². The SMILES string of the molecule is COc1c(NC(=O)Nc2ccc(Oc3ccnc(CN4CCCCC4)c3)c3ccccc23)cc(C(C)(C)C)cc1NS(C)(=O)=O. The van der Waals surface area contributed by atoms with E-state index in [1.54, 1.807) is 24.4 Å². The van der Waals surface area contributed by atoms with E-state index >= 15 is 0 Å². The quantitative estimate of drug-likeness (QED) is 0.177. The van der Waals surface area contributed by atoms with Gasteiger partial charge in [-0.3, -0.25) is 14.6 Å². The summed E-state index contributed by atoms with van der Waals surface area (Å²) in [6.07, 6.45) is 6.57. The van der Waals surface area contributed by atoms with Crippen molar-refractivity contribution in [1.29, 1.82) is 0 Å². The Labute approximate surface area is 265 Å². The Bertz CT molecular complexity index is 1800. The molecule has 1 saturated heterocycles. The molecule has 1 aliphatic rings. The van der Waals surface area contributed by atoms with Crippen LogP contribution in [0.5, 0.6) is 17.2 Å². The predicted octanol–water partition coefficient (Wildman–Crippen LogP) is 7.33. The highest BCUT2D eigenvalue weighted by Gasteiger charge is 2.22. The number of hydrogen-bond acceptors (Lipinski definition) is 7. The molecule has 0 radical (unpaired) electrons. The molecule has 45 heavy (non-hydrogen) atoms. The van der Waals surface area contributed by atoms with Crippen LogP contribution in [0.15, 0.2) is 66.9 Å². The number of urea groups is 1. The van der Waals surface area contributed by atoms with E-state index in [0.29, 0.717) is 22.9 Å². The smallest absolute Gasteiger partial charge is 0.323 e. The highest BCUT2D eigenvalue weighted by molar-refractivity contribution is 7.92. The molecule has 0 spiro atoms. The monoisotopic (exact) mass is 631 g/mol. The van der Waals surface area contributed by atoms with Crippen LogP contribution in [0.3, 0.4) is 0 Å². The molecular weight excluding hydrogens is 590 g/mol. The van der Waals surface area contributed by atoms with Gasteiger partial charge in [-0.25, -0.2) is 13.2 Å². The summed E-state index contributed by atoms with van der Waals surface area (Å²) >= 11 is 0. The average molecular weight is 632 g/mol. The highest BCUT2D eigenvalue weighted by Crippen LogP contribution is 2.40. The van der Waals surface area contributed by atoms with Crippen LogP contribution in [0, 0.1) is 0 Å². The van der Waals surface area contributed by atoms with Crippen LogP contribution in [0.2, 0.25) is 0 Å². The lowest BCUT2D eigenvalue weighted by Crippen LogP contribution is -2.29. The van der Waals surface area contributed by atoms with E-state index in [1.165, 1.54) is 26.4 Å². The second-order valence-electron chi connectivity index (χ2n) is 12.4. The number of benzene rings is 3. The molecule has 0 atom stereocenters. The number of pyridine rings is 1. The number of carbonyl (C=O) groups excluding carboxylic acids is 1. The standard InChI is InChI=1S/C34H41N5O5S/c1-34(2,3)23-19-29(32(43-4)30(20-23)38-45(5,41)42)37-33(40)36-28-13-14-31(27-12-8-7-11-26(27)28)44-25-15-16-35-24(21-25)22-39-17-9-6-10-18-39/h7-8,11-16,19-21,38H,6,9-10,17-18,22H2,1-5H3,(H2,36,37,40). The van der Waals surface area contributed by atoms with Crippen molar-refractivity contribution in [2.75, 3.05) is 41.8 Å². The average Bonchev–Trinajstić information content (AvgIpc) is 2.98. The summed E-state index contributed by atoms with van der Waals surface area (Å²) in [4.78, 5) is 20.3. The lowest BCUT2D eigenvalue weighted by atomic mass is 9.86. The van der Waals surface area contributed by atoms with Crippen LogP contribution in [-0.2, 0) is 22.0 Å². The molecule has 238 valence electrons. The predicted molar refractivity (Wildman–Crippen MR) is 180 cm³/mol. The molecule has 4 aromatic rings. The zero-order chi connectivity index (χ0) is 32.2. The van der Waals surface area contributed by atoms with E-state index in [-0.39, 0.29) is 16.9 Å². The Kier molecular flexibility index (Phi) is 9.50. The van der Waals surface area contributed by atoms with Crippen LogP contribution in [0.25, 0.3) is 10.8 Å². The van der Waals surface area contributed by atoms with Gasteiger partial charge in [-0.05, 0) is 67.2 Å². The highest BCUT2D eigenvalue weighted by atomic mass is 32.2. The maximum Gasteiger partial charge on any atom is 0.323 e. The number of carbonyl (C=O) groups is 1. The molecule has 3 N–H and O–H groups in total. The third kappa shape index (κ3) is 8.23. The van der Waals surface area contributed by atoms with E-state index in [4.69, 9.17) is 9.47 Å². The van der Waals surface area contributed by atoms with Gasteiger partial charge in [-0.15, -0.1) is 0 Å². The molecule has 5 rings (SSSR count). The number of methoxy groups -OCH3 is 1. The molecule has 0 aliphatic carbocycles. The number of ether oxygens (including phenoxy) is 2. The molecule has 1 aromatic heterocycles. The van der Waals surface area contributed by atoms with Crippen LogP contribution in [0.4, 0.5) is 21.9 Å². The minimum Gasteiger partial charge on any atom is -0.492 e. The van der Waals surface area contributed by atoms with Crippen molar-refractivity contribution in [2.45, 2.75) is 52.0 Å². The maximum atomic E-state index is 13.4. The topological polar surface area (TPSA) is 122 Å². The van der Waals surface area contributed by atoms with E-state index in [2.05, 4.69) is 25.2 Å². The van der Waals surface area contributed by atoms with Crippen LogP contribution >= 0.6 is 0 Å². The number of likely N-dealkylation sites (tertiary alicyclic amines) is 1. The Morgan fingerprint density at radius 2 is 1.60 bits per heavy atom. The van der Waals surface area contributed by atoms with Gasteiger partial charge in [0.25, 0.3) is 0 Å². The van der Waals surface area contributed by atoms with Crippen molar-refractivity contribution < 1.29 is 22.7 Å². The Balaban J connectivity index is 1.38. The third-order valence-corrected chi connectivity index (χ3v) is 8.28. The summed E-state index contributed by atoms with van der Waals surface area (Å²) in [7, 11) is -2.18. The molecule has 3 aromatic carbocycles. The minimum absolute atomic E-state index is 0.203. The first-order valence-electron chi connectivity index (χ1n) is 15.0. The molecule has 10 nitrogen and oxygen atoms in total. The van der Waals surface area contributed by atoms with Crippen LogP contribution < -0.4 is 24.8 Å². The summed E-state index contributed by atoms with van der Waals surface area (Å²) in [5.74, 6) is 1.56. The summed E-state index contributed by atoms with van der Waals surface area (Å²) in [6.45, 7) is 8.98. The zero-order valence-electron chi connectivity index (χ0n) is 26.4. The maximum absolute atomic E-state index is 13.4. The van der Waals surface area contributed by atoms with E-state index in [9.17, 15) is 13.2 Å². The summed E-state index contributed by atoms with van der Waals surface area (Å²) in [5, 5.41) is 7.42. The first-order valence-corrected chi connectivity index (χ1v) is 16.9. The van der Waals surface area contributed by atoms with Gasteiger partial charge in [-0.2, -0.15) is 0 Å². The number of aromatic nitrogens is 1. The number of amides is 2. The van der Waals surface area contributed by atoms with Gasteiger partial charge in [0, 0.05) is 29.6 Å². The van der Waals surface area contributed by atoms with Crippen LogP contribution in [-0.4, -0.2) is 50.8 Å². The van der Waals surface area contributed by atoms with Gasteiger partial charge in [0.05, 0.1) is 36.1 Å². The number of rotatable bonds is 9.